The predicted molar refractivity (Wildman–Crippen MR) is 121 cm³/mol. The molecular formula is C19H31ClIN3O3. The highest BCUT2D eigenvalue weighted by Crippen LogP contribution is 2.24. The third-order valence-corrected chi connectivity index (χ3v) is 4.61. The zero-order valence-corrected chi connectivity index (χ0v) is 19.4. The number of nitrogens with zero attached hydrogens (tertiary/aromatic N) is 2. The second-order valence-corrected chi connectivity index (χ2v) is 6.86. The summed E-state index contributed by atoms with van der Waals surface area (Å²) in [6.45, 7) is 6.66. The second kappa shape index (κ2) is 13.4. The van der Waals surface area contributed by atoms with E-state index in [1.807, 2.05) is 38.2 Å². The Labute approximate surface area is 184 Å². The number of ether oxygens (including phenoxy) is 3. The van der Waals surface area contributed by atoms with Crippen molar-refractivity contribution in [3.05, 3.63) is 29.3 Å². The van der Waals surface area contributed by atoms with Crippen LogP contribution in [0.1, 0.15) is 13.3 Å². The first-order valence-corrected chi connectivity index (χ1v) is 9.45. The van der Waals surface area contributed by atoms with Crippen LogP contribution < -0.4 is 10.1 Å². The van der Waals surface area contributed by atoms with Gasteiger partial charge in [-0.3, -0.25) is 4.99 Å². The third-order valence-electron chi connectivity index (χ3n) is 4.29. The zero-order valence-electron chi connectivity index (χ0n) is 16.3. The van der Waals surface area contributed by atoms with E-state index < -0.39 is 0 Å². The predicted octanol–water partition coefficient (Wildman–Crippen LogP) is 3.29. The monoisotopic (exact) mass is 511 g/mol. The van der Waals surface area contributed by atoms with Gasteiger partial charge in [-0.15, -0.1) is 24.0 Å². The molecule has 1 aromatic rings. The highest BCUT2D eigenvalue weighted by Gasteiger charge is 2.25. The van der Waals surface area contributed by atoms with Crippen LogP contribution in [0, 0.1) is 5.92 Å². The average Bonchev–Trinajstić information content (AvgIpc) is 3.10. The molecule has 154 valence electrons. The molecule has 1 aromatic carbocycles. The second-order valence-electron chi connectivity index (χ2n) is 6.46. The van der Waals surface area contributed by atoms with Gasteiger partial charge in [0.1, 0.15) is 11.9 Å². The number of halogens is 2. The molecule has 0 amide bonds. The maximum atomic E-state index is 6.14. The molecule has 8 heteroatoms. The molecule has 1 aliphatic heterocycles. The SMILES string of the molecule is CN=C(NCC(C)Oc1ccccc1Cl)N1CCC(COCCOC)C1.I. The molecule has 2 unspecified atom stereocenters. The molecule has 0 aromatic heterocycles. The van der Waals surface area contributed by atoms with Gasteiger partial charge in [0, 0.05) is 33.2 Å². The molecule has 1 N–H and O–H groups in total. The van der Waals surface area contributed by atoms with E-state index in [0.717, 1.165) is 32.1 Å². The van der Waals surface area contributed by atoms with Crippen LogP contribution in [0.2, 0.25) is 5.02 Å². The number of hydrogen-bond acceptors (Lipinski definition) is 4. The van der Waals surface area contributed by atoms with Gasteiger partial charge >= 0.3 is 0 Å². The Morgan fingerprint density at radius 2 is 2.15 bits per heavy atom. The first-order chi connectivity index (χ1) is 12.6. The number of benzene rings is 1. The summed E-state index contributed by atoms with van der Waals surface area (Å²) in [7, 11) is 3.50. The largest absolute Gasteiger partial charge is 0.487 e. The van der Waals surface area contributed by atoms with Crippen molar-refractivity contribution in [2.24, 2.45) is 10.9 Å². The molecule has 0 spiro atoms. The first-order valence-electron chi connectivity index (χ1n) is 9.07. The average molecular weight is 512 g/mol. The number of rotatable bonds is 9. The maximum absolute atomic E-state index is 6.14. The van der Waals surface area contributed by atoms with E-state index in [-0.39, 0.29) is 30.1 Å². The summed E-state index contributed by atoms with van der Waals surface area (Å²) in [4.78, 5) is 6.67. The Morgan fingerprint density at radius 1 is 1.37 bits per heavy atom. The van der Waals surface area contributed by atoms with Crippen molar-refractivity contribution < 1.29 is 14.2 Å². The topological polar surface area (TPSA) is 55.3 Å². The summed E-state index contributed by atoms with van der Waals surface area (Å²) < 4.78 is 16.6. The van der Waals surface area contributed by atoms with Gasteiger partial charge in [0.05, 0.1) is 31.4 Å². The van der Waals surface area contributed by atoms with Crippen LogP contribution in [-0.2, 0) is 9.47 Å². The number of methoxy groups -OCH3 is 1. The van der Waals surface area contributed by atoms with Gasteiger partial charge in [-0.25, -0.2) is 0 Å². The standard InChI is InChI=1S/C19H30ClN3O3.HI/c1-15(26-18-7-5-4-6-17(18)20)12-22-19(21-2)23-9-8-16(13-23)14-25-11-10-24-3;/h4-7,15-16H,8-14H2,1-3H3,(H,21,22);1H. The van der Waals surface area contributed by atoms with Crippen LogP contribution >= 0.6 is 35.6 Å². The van der Waals surface area contributed by atoms with Crippen molar-refractivity contribution >= 4 is 41.5 Å². The van der Waals surface area contributed by atoms with Crippen LogP contribution in [0.15, 0.2) is 29.3 Å². The van der Waals surface area contributed by atoms with E-state index in [4.69, 9.17) is 25.8 Å². The highest BCUT2D eigenvalue weighted by atomic mass is 127. The Hall–Kier alpha value is -0.770. The smallest absolute Gasteiger partial charge is 0.193 e. The number of hydrogen-bond donors (Lipinski definition) is 1. The van der Waals surface area contributed by atoms with Gasteiger partial charge in [-0.05, 0) is 25.5 Å². The summed E-state index contributed by atoms with van der Waals surface area (Å²) in [6, 6.07) is 7.51. The fourth-order valence-corrected chi connectivity index (χ4v) is 3.10. The van der Waals surface area contributed by atoms with Gasteiger partial charge in [0.15, 0.2) is 5.96 Å². The normalized spacial score (nSPS) is 18.1. The van der Waals surface area contributed by atoms with Crippen LogP contribution in [-0.4, -0.2) is 70.6 Å². The van der Waals surface area contributed by atoms with Crippen molar-refractivity contribution in [3.8, 4) is 5.75 Å². The minimum atomic E-state index is -0.0255. The molecule has 1 heterocycles. The van der Waals surface area contributed by atoms with E-state index in [9.17, 15) is 0 Å². The van der Waals surface area contributed by atoms with Crippen molar-refractivity contribution in [1.82, 2.24) is 10.2 Å². The molecule has 2 atom stereocenters. The van der Waals surface area contributed by atoms with Crippen LogP contribution in [0.5, 0.6) is 5.75 Å². The molecule has 0 saturated carbocycles. The zero-order chi connectivity index (χ0) is 18.8. The van der Waals surface area contributed by atoms with Crippen molar-refractivity contribution in [2.75, 3.05) is 53.6 Å². The van der Waals surface area contributed by atoms with E-state index in [2.05, 4.69) is 15.2 Å². The van der Waals surface area contributed by atoms with E-state index >= 15 is 0 Å². The van der Waals surface area contributed by atoms with Crippen molar-refractivity contribution in [3.63, 3.8) is 0 Å². The molecule has 1 saturated heterocycles. The number of para-hydroxylation sites is 1. The Morgan fingerprint density at radius 3 is 2.85 bits per heavy atom. The van der Waals surface area contributed by atoms with Crippen molar-refractivity contribution in [2.45, 2.75) is 19.4 Å². The molecule has 0 bridgehead atoms. The van der Waals surface area contributed by atoms with E-state index in [1.165, 1.54) is 0 Å². The summed E-state index contributed by atoms with van der Waals surface area (Å²) in [5, 5.41) is 4.02. The molecule has 27 heavy (non-hydrogen) atoms. The molecule has 2 rings (SSSR count). The fourth-order valence-electron chi connectivity index (χ4n) is 2.92. The molecule has 1 aliphatic rings. The summed E-state index contributed by atoms with van der Waals surface area (Å²) >= 11 is 6.14. The van der Waals surface area contributed by atoms with Crippen LogP contribution in [0.4, 0.5) is 0 Å². The molecule has 1 fully saturated rings. The highest BCUT2D eigenvalue weighted by molar-refractivity contribution is 14.0. The Kier molecular flexibility index (Phi) is 12.1. The summed E-state index contributed by atoms with van der Waals surface area (Å²) in [5.74, 6) is 2.13. The third kappa shape index (κ3) is 8.41. The van der Waals surface area contributed by atoms with Gasteiger partial charge in [0.25, 0.3) is 0 Å². The quantitative estimate of drug-likeness (QED) is 0.239. The lowest BCUT2D eigenvalue weighted by Crippen LogP contribution is -2.43. The van der Waals surface area contributed by atoms with Gasteiger partial charge in [-0.1, -0.05) is 23.7 Å². The molecule has 0 radical (unpaired) electrons. The fraction of sp³-hybridized carbons (Fsp3) is 0.632. The van der Waals surface area contributed by atoms with Gasteiger partial charge in [0.2, 0.25) is 0 Å². The number of guanidine groups is 1. The summed E-state index contributed by atoms with van der Waals surface area (Å²) in [6.07, 6.45) is 1.08. The Bertz CT molecular complexity index is 577. The van der Waals surface area contributed by atoms with Gasteiger partial charge in [-0.2, -0.15) is 0 Å². The molecule has 6 nitrogen and oxygen atoms in total. The minimum Gasteiger partial charge on any atom is -0.487 e. The van der Waals surface area contributed by atoms with Crippen LogP contribution in [0.3, 0.4) is 0 Å². The van der Waals surface area contributed by atoms with E-state index in [0.29, 0.717) is 36.4 Å². The van der Waals surface area contributed by atoms with Crippen molar-refractivity contribution in [1.29, 1.82) is 0 Å². The molecule has 0 aliphatic carbocycles. The first kappa shape index (κ1) is 24.3. The molecular weight excluding hydrogens is 481 g/mol. The lowest BCUT2D eigenvalue weighted by Gasteiger charge is -2.24. The van der Waals surface area contributed by atoms with E-state index in [1.54, 1.807) is 7.11 Å². The van der Waals surface area contributed by atoms with Gasteiger partial charge < -0.3 is 24.4 Å². The lowest BCUT2D eigenvalue weighted by molar-refractivity contribution is 0.0536. The number of likely N-dealkylation sites (tertiary alicyclic amines) is 1. The lowest BCUT2D eigenvalue weighted by atomic mass is 10.1. The summed E-state index contributed by atoms with van der Waals surface area (Å²) in [5.41, 5.74) is 0. The minimum absolute atomic E-state index is 0. The number of nitrogens with one attached hydrogen (secondary N) is 1. The Balaban J connectivity index is 0.00000364. The number of aliphatic imine (C=N–C) groups is 1. The maximum Gasteiger partial charge on any atom is 0.193 e. The van der Waals surface area contributed by atoms with Crippen LogP contribution in [0.25, 0.3) is 0 Å².